The molecule has 2 amide bonds. The first kappa shape index (κ1) is 18.0. The van der Waals surface area contributed by atoms with Crippen molar-refractivity contribution in [3.05, 3.63) is 43.0 Å². The first-order valence-electron chi connectivity index (χ1n) is 8.35. The van der Waals surface area contributed by atoms with Crippen LogP contribution in [0.1, 0.15) is 6.42 Å². The minimum atomic E-state index is 0.00161. The van der Waals surface area contributed by atoms with Crippen LogP contribution in [0.3, 0.4) is 0 Å². The second-order valence-electron chi connectivity index (χ2n) is 5.79. The largest absolute Gasteiger partial charge is 0.385 e. The predicted molar refractivity (Wildman–Crippen MR) is 95.8 cm³/mol. The maximum Gasteiger partial charge on any atom is 0.234 e. The van der Waals surface area contributed by atoms with Gasteiger partial charge in [-0.1, -0.05) is 24.3 Å². The Bertz CT molecular complexity index is 539. The van der Waals surface area contributed by atoms with Crippen molar-refractivity contribution in [1.29, 1.82) is 0 Å². The van der Waals surface area contributed by atoms with Gasteiger partial charge in [-0.15, -0.1) is 6.58 Å². The second kappa shape index (κ2) is 9.72. The maximum atomic E-state index is 12.2. The van der Waals surface area contributed by atoms with Gasteiger partial charge in [-0.2, -0.15) is 0 Å². The van der Waals surface area contributed by atoms with Gasteiger partial charge >= 0.3 is 0 Å². The first-order valence-corrected chi connectivity index (χ1v) is 8.35. The number of hydrogen-bond acceptors (Lipinski definition) is 4. The summed E-state index contributed by atoms with van der Waals surface area (Å²) in [6.45, 7) is 7.91. The van der Waals surface area contributed by atoms with E-state index >= 15 is 0 Å². The molecule has 2 N–H and O–H groups in total. The standard InChI is InChI=1S/C18H26N4O2/c1-2-9-20-17(23)15-21-11-13-22(14-12-21)18(24)8-10-19-16-6-4-3-5-7-16/h2-7,19H,1,8-15H2,(H,20,23). The van der Waals surface area contributed by atoms with Crippen LogP contribution in [0.25, 0.3) is 0 Å². The van der Waals surface area contributed by atoms with Crippen molar-refractivity contribution >= 4 is 17.5 Å². The van der Waals surface area contributed by atoms with Crippen LogP contribution in [-0.4, -0.2) is 67.4 Å². The van der Waals surface area contributed by atoms with E-state index in [1.807, 2.05) is 35.2 Å². The van der Waals surface area contributed by atoms with Crippen molar-refractivity contribution in [1.82, 2.24) is 15.1 Å². The van der Waals surface area contributed by atoms with Crippen molar-refractivity contribution < 1.29 is 9.59 Å². The number of carbonyl (C=O) groups excluding carboxylic acids is 2. The number of piperazine rings is 1. The smallest absolute Gasteiger partial charge is 0.234 e. The van der Waals surface area contributed by atoms with Crippen LogP contribution in [-0.2, 0) is 9.59 Å². The van der Waals surface area contributed by atoms with Gasteiger partial charge in [0.15, 0.2) is 0 Å². The number of benzene rings is 1. The van der Waals surface area contributed by atoms with E-state index in [4.69, 9.17) is 0 Å². The molecule has 0 bridgehead atoms. The third kappa shape index (κ3) is 6.04. The Morgan fingerprint density at radius 2 is 1.83 bits per heavy atom. The van der Waals surface area contributed by atoms with E-state index in [-0.39, 0.29) is 11.8 Å². The highest BCUT2D eigenvalue weighted by Gasteiger charge is 2.21. The number of para-hydroxylation sites is 1. The Kier molecular flexibility index (Phi) is 7.29. The van der Waals surface area contributed by atoms with Crippen LogP contribution in [0.2, 0.25) is 0 Å². The van der Waals surface area contributed by atoms with E-state index in [0.29, 0.717) is 39.1 Å². The summed E-state index contributed by atoms with van der Waals surface area (Å²) >= 11 is 0. The van der Waals surface area contributed by atoms with Crippen LogP contribution in [0.5, 0.6) is 0 Å². The summed E-state index contributed by atoms with van der Waals surface area (Å²) in [5.74, 6) is 0.163. The zero-order valence-electron chi connectivity index (χ0n) is 14.0. The summed E-state index contributed by atoms with van der Waals surface area (Å²) in [6.07, 6.45) is 2.15. The topological polar surface area (TPSA) is 64.7 Å². The number of nitrogens with zero attached hydrogens (tertiary/aromatic N) is 2. The molecule has 0 radical (unpaired) electrons. The molecular weight excluding hydrogens is 304 g/mol. The average Bonchev–Trinajstić information content (AvgIpc) is 2.61. The molecule has 0 saturated carbocycles. The fraction of sp³-hybridized carbons (Fsp3) is 0.444. The van der Waals surface area contributed by atoms with Gasteiger partial charge in [0.05, 0.1) is 6.54 Å². The van der Waals surface area contributed by atoms with Crippen molar-refractivity contribution in [3.8, 4) is 0 Å². The SMILES string of the molecule is C=CCNC(=O)CN1CCN(C(=O)CCNc2ccccc2)CC1. The summed E-state index contributed by atoms with van der Waals surface area (Å²) in [5.41, 5.74) is 1.03. The Morgan fingerprint density at radius 1 is 1.12 bits per heavy atom. The third-order valence-electron chi connectivity index (χ3n) is 3.98. The molecule has 6 heteroatoms. The molecular formula is C18H26N4O2. The lowest BCUT2D eigenvalue weighted by Gasteiger charge is -2.34. The molecule has 1 aliphatic heterocycles. The van der Waals surface area contributed by atoms with Crippen LogP contribution >= 0.6 is 0 Å². The van der Waals surface area contributed by atoms with Crippen LogP contribution in [0, 0.1) is 0 Å². The molecule has 1 aliphatic rings. The number of hydrogen-bond donors (Lipinski definition) is 2. The number of anilines is 1. The number of rotatable bonds is 8. The molecule has 1 aromatic rings. The fourth-order valence-corrected chi connectivity index (χ4v) is 2.63. The van der Waals surface area contributed by atoms with Gasteiger partial charge in [-0.05, 0) is 12.1 Å². The normalized spacial score (nSPS) is 14.9. The van der Waals surface area contributed by atoms with E-state index < -0.39 is 0 Å². The average molecular weight is 330 g/mol. The Labute approximate surface area is 143 Å². The summed E-state index contributed by atoms with van der Waals surface area (Å²) < 4.78 is 0. The lowest BCUT2D eigenvalue weighted by atomic mass is 10.2. The van der Waals surface area contributed by atoms with Gasteiger partial charge in [0.1, 0.15) is 0 Å². The van der Waals surface area contributed by atoms with Crippen molar-refractivity contribution in [2.75, 3.05) is 51.1 Å². The molecule has 1 heterocycles. The highest BCUT2D eigenvalue weighted by Crippen LogP contribution is 2.07. The van der Waals surface area contributed by atoms with Crippen molar-refractivity contribution in [2.45, 2.75) is 6.42 Å². The molecule has 1 saturated heterocycles. The zero-order chi connectivity index (χ0) is 17.2. The molecule has 0 atom stereocenters. The van der Waals surface area contributed by atoms with Crippen LogP contribution < -0.4 is 10.6 Å². The van der Waals surface area contributed by atoms with Gasteiger partial charge in [0.25, 0.3) is 0 Å². The second-order valence-corrected chi connectivity index (χ2v) is 5.79. The van der Waals surface area contributed by atoms with Crippen molar-refractivity contribution in [2.24, 2.45) is 0 Å². The van der Waals surface area contributed by atoms with Gasteiger partial charge in [-0.25, -0.2) is 0 Å². The molecule has 0 unspecified atom stereocenters. The molecule has 0 aliphatic carbocycles. The van der Waals surface area contributed by atoms with E-state index in [2.05, 4.69) is 22.1 Å². The molecule has 0 aromatic heterocycles. The highest BCUT2D eigenvalue weighted by molar-refractivity contribution is 5.78. The molecule has 130 valence electrons. The third-order valence-corrected chi connectivity index (χ3v) is 3.98. The molecule has 24 heavy (non-hydrogen) atoms. The minimum absolute atomic E-state index is 0.00161. The highest BCUT2D eigenvalue weighted by atomic mass is 16.2. The lowest BCUT2D eigenvalue weighted by molar-refractivity contribution is -0.133. The van der Waals surface area contributed by atoms with E-state index in [1.54, 1.807) is 6.08 Å². The van der Waals surface area contributed by atoms with E-state index in [0.717, 1.165) is 18.8 Å². The summed E-state index contributed by atoms with van der Waals surface area (Å²) in [7, 11) is 0. The Morgan fingerprint density at radius 3 is 2.50 bits per heavy atom. The molecule has 1 fully saturated rings. The van der Waals surface area contributed by atoms with E-state index in [1.165, 1.54) is 0 Å². The van der Waals surface area contributed by atoms with Gasteiger partial charge in [-0.3, -0.25) is 14.5 Å². The minimum Gasteiger partial charge on any atom is -0.385 e. The molecule has 1 aromatic carbocycles. The monoisotopic (exact) mass is 330 g/mol. The van der Waals surface area contributed by atoms with Gasteiger partial charge in [0, 0.05) is 51.4 Å². The lowest BCUT2D eigenvalue weighted by Crippen LogP contribution is -2.51. The fourth-order valence-electron chi connectivity index (χ4n) is 2.63. The van der Waals surface area contributed by atoms with E-state index in [9.17, 15) is 9.59 Å². The number of nitrogens with one attached hydrogen (secondary N) is 2. The molecule has 2 rings (SSSR count). The Hall–Kier alpha value is -2.34. The molecule has 6 nitrogen and oxygen atoms in total. The predicted octanol–water partition coefficient (Wildman–Crippen LogP) is 0.935. The number of amides is 2. The summed E-state index contributed by atoms with van der Waals surface area (Å²) in [4.78, 5) is 27.9. The maximum absolute atomic E-state index is 12.2. The van der Waals surface area contributed by atoms with Crippen LogP contribution in [0.15, 0.2) is 43.0 Å². The molecule has 0 spiro atoms. The van der Waals surface area contributed by atoms with Gasteiger partial charge < -0.3 is 15.5 Å². The van der Waals surface area contributed by atoms with Gasteiger partial charge in [0.2, 0.25) is 11.8 Å². The first-order chi connectivity index (χ1) is 11.7. The number of carbonyl (C=O) groups is 2. The van der Waals surface area contributed by atoms with Crippen molar-refractivity contribution in [3.63, 3.8) is 0 Å². The van der Waals surface area contributed by atoms with Crippen LogP contribution in [0.4, 0.5) is 5.69 Å². The Balaban J connectivity index is 1.63. The summed E-state index contributed by atoms with van der Waals surface area (Å²) in [6, 6.07) is 9.87. The zero-order valence-corrected chi connectivity index (χ0v) is 14.0. The quantitative estimate of drug-likeness (QED) is 0.696. The summed E-state index contributed by atoms with van der Waals surface area (Å²) in [5, 5.41) is 6.02.